The van der Waals surface area contributed by atoms with E-state index in [1.54, 1.807) is 0 Å². The smallest absolute Gasteiger partial charge is 0.228 e. The summed E-state index contributed by atoms with van der Waals surface area (Å²) in [6.07, 6.45) is 17.5. The molecular formula is C35H67FN8O. The standard InChI is InChI=1S/C35H67FN8O/c1-4-6-7-11-14-26(5-2)35(23-38-20-17-30(35)44-25(3)40-24-41-44)43-33(45)31-28-21-34(18-12-9-8-10-13-19-34)29(42-32(31)37)16-15-27(36)22-39-28/h25-32,38-42H,4-24,37H2,1-3H3,(H,43,45). The molecule has 0 radical (unpaired) electrons. The van der Waals surface area contributed by atoms with Crippen molar-refractivity contribution in [2.24, 2.45) is 23.0 Å². The van der Waals surface area contributed by atoms with Crippen LogP contribution in [0.2, 0.25) is 0 Å². The first-order valence-corrected chi connectivity index (χ1v) is 19.0. The normalized spacial score (nSPS) is 38.8. The SMILES string of the molecule is CCCCCCC(CC)C1(NC(=O)C2C(N)NC3CCC(F)CNC2CC32CCCCCCC2)CNCCC1N1NCNC1C. The lowest BCUT2D eigenvalue weighted by molar-refractivity contribution is -0.132. The van der Waals surface area contributed by atoms with Gasteiger partial charge in [0.05, 0.1) is 36.5 Å². The highest BCUT2D eigenvalue weighted by molar-refractivity contribution is 5.81. The monoisotopic (exact) mass is 635 g/mol. The highest BCUT2D eigenvalue weighted by Gasteiger charge is 2.54. The number of rotatable bonds is 10. The van der Waals surface area contributed by atoms with Crippen LogP contribution in [-0.4, -0.2) is 79.4 Å². The number of hydrazine groups is 1. The molecule has 9 unspecified atom stereocenters. The highest BCUT2D eigenvalue weighted by Crippen LogP contribution is 2.47. The lowest BCUT2D eigenvalue weighted by Crippen LogP contribution is -2.75. The third-order valence-corrected chi connectivity index (χ3v) is 12.6. The van der Waals surface area contributed by atoms with E-state index in [-0.39, 0.29) is 35.6 Å². The van der Waals surface area contributed by atoms with Gasteiger partial charge in [-0.05, 0) is 69.7 Å². The number of hydrogen-bond acceptors (Lipinski definition) is 8. The van der Waals surface area contributed by atoms with E-state index >= 15 is 9.18 Å². The summed E-state index contributed by atoms with van der Waals surface area (Å²) in [5.41, 5.74) is 10.3. The lowest BCUT2D eigenvalue weighted by Gasteiger charge is -2.54. The van der Waals surface area contributed by atoms with Gasteiger partial charge in [0.15, 0.2) is 0 Å². The quantitative estimate of drug-likeness (QED) is 0.180. The summed E-state index contributed by atoms with van der Waals surface area (Å²) >= 11 is 0. The Morgan fingerprint density at radius 3 is 2.53 bits per heavy atom. The fourth-order valence-electron chi connectivity index (χ4n) is 10.1. The minimum absolute atomic E-state index is 0.0330. The topological polar surface area (TPSA) is 119 Å². The first-order chi connectivity index (χ1) is 21.8. The largest absolute Gasteiger partial charge is 0.347 e. The zero-order chi connectivity index (χ0) is 31.9. The van der Waals surface area contributed by atoms with Gasteiger partial charge in [-0.3, -0.25) is 15.4 Å². The third kappa shape index (κ3) is 8.06. The summed E-state index contributed by atoms with van der Waals surface area (Å²) in [5.74, 6) is -0.113. The maximum atomic E-state index is 15.2. The molecule has 1 amide bonds. The van der Waals surface area contributed by atoms with Crippen molar-refractivity contribution in [3.8, 4) is 0 Å². The summed E-state index contributed by atoms with van der Waals surface area (Å²) in [6.45, 7) is 9.47. The van der Waals surface area contributed by atoms with Crippen LogP contribution in [0.3, 0.4) is 0 Å². The number of carbonyl (C=O) groups excluding carboxylic acids is 1. The zero-order valence-corrected chi connectivity index (χ0v) is 28.8. The molecule has 0 aromatic carbocycles. The van der Waals surface area contributed by atoms with Crippen LogP contribution >= 0.6 is 0 Å². The number of nitrogens with zero attached hydrogens (tertiary/aromatic N) is 1. The molecule has 10 heteroatoms. The van der Waals surface area contributed by atoms with Gasteiger partial charge in [0.25, 0.3) is 0 Å². The predicted molar refractivity (Wildman–Crippen MR) is 181 cm³/mol. The van der Waals surface area contributed by atoms with Crippen LogP contribution in [-0.2, 0) is 4.79 Å². The van der Waals surface area contributed by atoms with E-state index in [2.05, 4.69) is 57.8 Å². The Balaban J connectivity index is 1.47. The maximum absolute atomic E-state index is 15.2. The van der Waals surface area contributed by atoms with Crippen LogP contribution in [0.5, 0.6) is 0 Å². The van der Waals surface area contributed by atoms with Crippen LogP contribution in [0, 0.1) is 17.3 Å². The van der Waals surface area contributed by atoms with Gasteiger partial charge >= 0.3 is 0 Å². The molecular weight excluding hydrogens is 567 g/mol. The number of piperidine rings is 1. The van der Waals surface area contributed by atoms with Crippen molar-refractivity contribution in [2.75, 3.05) is 26.3 Å². The molecule has 9 nitrogen and oxygen atoms in total. The summed E-state index contributed by atoms with van der Waals surface area (Å²) < 4.78 is 15.2. The average Bonchev–Trinajstić information content (AvgIpc) is 3.41. The Hall–Kier alpha value is -0.880. The number of hydrogen-bond donors (Lipinski definition) is 7. The van der Waals surface area contributed by atoms with Crippen molar-refractivity contribution in [2.45, 2.75) is 172 Å². The molecule has 9 atom stereocenters. The van der Waals surface area contributed by atoms with Crippen LogP contribution < -0.4 is 37.7 Å². The minimum Gasteiger partial charge on any atom is -0.347 e. The molecule has 0 aromatic rings. The average molecular weight is 635 g/mol. The lowest BCUT2D eigenvalue weighted by atomic mass is 9.66. The maximum Gasteiger partial charge on any atom is 0.228 e. The first-order valence-electron chi connectivity index (χ1n) is 19.0. The molecule has 260 valence electrons. The summed E-state index contributed by atoms with van der Waals surface area (Å²) in [5, 5.41) is 20.9. The number of alkyl halides is 1. The van der Waals surface area contributed by atoms with E-state index in [1.807, 2.05) is 0 Å². The van der Waals surface area contributed by atoms with Crippen molar-refractivity contribution < 1.29 is 9.18 Å². The molecule has 4 heterocycles. The number of halogens is 1. The number of fused-ring (bicyclic) bond motifs is 1. The van der Waals surface area contributed by atoms with E-state index in [1.165, 1.54) is 57.8 Å². The molecule has 5 fully saturated rings. The Morgan fingerprint density at radius 2 is 1.82 bits per heavy atom. The molecule has 5 aliphatic rings. The zero-order valence-electron chi connectivity index (χ0n) is 28.8. The Bertz CT molecular complexity index is 918. The molecule has 45 heavy (non-hydrogen) atoms. The molecule has 5 rings (SSSR count). The van der Waals surface area contributed by atoms with Gasteiger partial charge in [-0.1, -0.05) is 78.1 Å². The van der Waals surface area contributed by atoms with E-state index in [0.717, 1.165) is 64.7 Å². The van der Waals surface area contributed by atoms with Crippen molar-refractivity contribution in [3.05, 3.63) is 0 Å². The Labute approximate surface area is 273 Å². The molecule has 1 saturated carbocycles. The van der Waals surface area contributed by atoms with E-state index in [4.69, 9.17) is 5.73 Å². The van der Waals surface area contributed by atoms with Gasteiger partial charge in [0.2, 0.25) is 5.91 Å². The second kappa shape index (κ2) is 16.5. The van der Waals surface area contributed by atoms with Gasteiger partial charge in [-0.15, -0.1) is 0 Å². The highest BCUT2D eigenvalue weighted by atomic mass is 19.1. The minimum atomic E-state index is -0.903. The number of carbonyl (C=O) groups is 1. The third-order valence-electron chi connectivity index (χ3n) is 12.6. The fourth-order valence-corrected chi connectivity index (χ4v) is 10.1. The van der Waals surface area contributed by atoms with E-state index < -0.39 is 23.8 Å². The molecule has 0 aromatic heterocycles. The van der Waals surface area contributed by atoms with Crippen LogP contribution in [0.1, 0.15) is 130 Å². The van der Waals surface area contributed by atoms with Crippen molar-refractivity contribution in [1.82, 2.24) is 37.0 Å². The summed E-state index contributed by atoms with van der Waals surface area (Å²) in [6, 6.07) is 0.129. The number of nitrogens with one attached hydrogen (secondary N) is 6. The van der Waals surface area contributed by atoms with Gasteiger partial charge in [0, 0.05) is 25.2 Å². The second-order valence-electron chi connectivity index (χ2n) is 15.4. The molecule has 8 N–H and O–H groups in total. The molecule has 4 saturated heterocycles. The fraction of sp³-hybridized carbons (Fsp3) is 0.971. The van der Waals surface area contributed by atoms with E-state index in [0.29, 0.717) is 18.9 Å². The Morgan fingerprint density at radius 1 is 1.04 bits per heavy atom. The number of nitrogens with two attached hydrogens (primary N) is 1. The molecule has 1 aliphatic carbocycles. The van der Waals surface area contributed by atoms with Crippen molar-refractivity contribution >= 4 is 5.91 Å². The Kier molecular flexibility index (Phi) is 13.0. The van der Waals surface area contributed by atoms with Crippen molar-refractivity contribution in [1.29, 1.82) is 0 Å². The summed E-state index contributed by atoms with van der Waals surface area (Å²) in [7, 11) is 0. The van der Waals surface area contributed by atoms with Gasteiger partial charge in [0.1, 0.15) is 6.17 Å². The predicted octanol–water partition coefficient (Wildman–Crippen LogP) is 4.00. The summed E-state index contributed by atoms with van der Waals surface area (Å²) in [4.78, 5) is 15.0. The molecule has 2 bridgehead atoms. The second-order valence-corrected chi connectivity index (χ2v) is 15.4. The van der Waals surface area contributed by atoms with Crippen LogP contribution in [0.15, 0.2) is 0 Å². The van der Waals surface area contributed by atoms with Crippen molar-refractivity contribution in [3.63, 3.8) is 0 Å². The number of amides is 1. The van der Waals surface area contributed by atoms with E-state index in [9.17, 15) is 0 Å². The number of unbranched alkanes of at least 4 members (excludes halogenated alkanes) is 3. The van der Waals surface area contributed by atoms with Crippen LogP contribution in [0.25, 0.3) is 0 Å². The van der Waals surface area contributed by atoms with Gasteiger partial charge in [-0.25, -0.2) is 14.8 Å². The first kappa shape index (κ1) is 35.4. The van der Waals surface area contributed by atoms with Gasteiger partial charge in [-0.2, -0.15) is 0 Å². The van der Waals surface area contributed by atoms with Crippen LogP contribution in [0.4, 0.5) is 4.39 Å². The van der Waals surface area contributed by atoms with Gasteiger partial charge < -0.3 is 21.7 Å². The molecule has 4 aliphatic heterocycles. The molecule has 1 spiro atoms.